The third-order valence-electron chi connectivity index (χ3n) is 4.83. The van der Waals surface area contributed by atoms with Crippen molar-refractivity contribution in [1.29, 1.82) is 0 Å². The quantitative estimate of drug-likeness (QED) is 0.553. The number of carbonyl (C=O) groups excluding carboxylic acids is 1. The van der Waals surface area contributed by atoms with E-state index in [1.165, 1.54) is 9.20 Å². The van der Waals surface area contributed by atoms with Crippen molar-refractivity contribution in [3.63, 3.8) is 0 Å². The van der Waals surface area contributed by atoms with Gasteiger partial charge in [0.25, 0.3) is 0 Å². The number of amides is 1. The molecule has 1 N–H and O–H groups in total. The molecule has 7 heteroatoms. The number of sulfonamides is 1. The van der Waals surface area contributed by atoms with Gasteiger partial charge in [-0.2, -0.15) is 4.31 Å². The molecule has 0 bridgehead atoms. The smallest absolute Gasteiger partial charge is 0.243 e. The van der Waals surface area contributed by atoms with Crippen LogP contribution in [0.4, 0.5) is 0 Å². The number of aryl methyl sites for hydroxylation is 1. The fourth-order valence-corrected chi connectivity index (χ4v) is 5.55. The highest BCUT2D eigenvalue weighted by molar-refractivity contribution is 7.99. The molecule has 0 saturated carbocycles. The SMILES string of the molecule is Cc1ccc(S(=O)(=O)N2CCC[C@H](C(=O)NCCSc3ccccc3)C2)cc1. The van der Waals surface area contributed by atoms with Crippen molar-refractivity contribution in [2.45, 2.75) is 29.6 Å². The lowest BCUT2D eigenvalue weighted by Gasteiger charge is -2.31. The van der Waals surface area contributed by atoms with Gasteiger partial charge in [-0.25, -0.2) is 8.42 Å². The van der Waals surface area contributed by atoms with Gasteiger partial charge in [0.1, 0.15) is 0 Å². The van der Waals surface area contributed by atoms with E-state index in [0.717, 1.165) is 17.7 Å². The summed E-state index contributed by atoms with van der Waals surface area (Å²) in [5, 5.41) is 2.96. The second-order valence-corrected chi connectivity index (χ2v) is 10.1. The summed E-state index contributed by atoms with van der Waals surface area (Å²) in [5.41, 5.74) is 1.02. The summed E-state index contributed by atoms with van der Waals surface area (Å²) in [5.74, 6) is 0.432. The summed E-state index contributed by atoms with van der Waals surface area (Å²) in [7, 11) is -3.56. The Morgan fingerprint density at radius 3 is 2.57 bits per heavy atom. The molecule has 1 saturated heterocycles. The fourth-order valence-electron chi connectivity index (χ4n) is 3.24. The summed E-state index contributed by atoms with van der Waals surface area (Å²) in [4.78, 5) is 14.0. The van der Waals surface area contributed by atoms with Crippen molar-refractivity contribution in [3.05, 3.63) is 60.2 Å². The van der Waals surface area contributed by atoms with Crippen LogP contribution in [-0.2, 0) is 14.8 Å². The van der Waals surface area contributed by atoms with Crippen molar-refractivity contribution in [3.8, 4) is 0 Å². The minimum atomic E-state index is -3.56. The summed E-state index contributed by atoms with van der Waals surface area (Å²) < 4.78 is 27.2. The van der Waals surface area contributed by atoms with Crippen molar-refractivity contribution in [1.82, 2.24) is 9.62 Å². The Morgan fingerprint density at radius 2 is 1.86 bits per heavy atom. The Bertz CT molecular complexity index is 884. The van der Waals surface area contributed by atoms with Crippen LogP contribution in [0.5, 0.6) is 0 Å². The van der Waals surface area contributed by atoms with Crippen LogP contribution >= 0.6 is 11.8 Å². The van der Waals surface area contributed by atoms with E-state index in [4.69, 9.17) is 0 Å². The van der Waals surface area contributed by atoms with Crippen LogP contribution in [0, 0.1) is 12.8 Å². The number of hydrogen-bond acceptors (Lipinski definition) is 4. The van der Waals surface area contributed by atoms with Crippen LogP contribution in [0.25, 0.3) is 0 Å². The van der Waals surface area contributed by atoms with E-state index in [-0.39, 0.29) is 18.4 Å². The lowest BCUT2D eigenvalue weighted by Crippen LogP contribution is -2.45. The molecule has 0 aromatic heterocycles. The predicted octanol–water partition coefficient (Wildman–Crippen LogP) is 3.30. The molecule has 150 valence electrons. The maximum atomic E-state index is 12.9. The molecule has 1 fully saturated rings. The maximum Gasteiger partial charge on any atom is 0.243 e. The molecule has 0 aliphatic carbocycles. The van der Waals surface area contributed by atoms with E-state index in [1.54, 1.807) is 36.0 Å². The van der Waals surface area contributed by atoms with Gasteiger partial charge in [-0.15, -0.1) is 11.8 Å². The number of thioether (sulfide) groups is 1. The van der Waals surface area contributed by atoms with Crippen molar-refractivity contribution in [2.75, 3.05) is 25.4 Å². The predicted molar refractivity (Wildman–Crippen MR) is 113 cm³/mol. The second-order valence-electron chi connectivity index (χ2n) is 6.97. The first kappa shape index (κ1) is 20.9. The minimum Gasteiger partial charge on any atom is -0.355 e. The first-order valence-corrected chi connectivity index (χ1v) is 11.9. The molecule has 0 radical (unpaired) electrons. The monoisotopic (exact) mass is 418 g/mol. The highest BCUT2D eigenvalue weighted by Gasteiger charge is 2.33. The minimum absolute atomic E-state index is 0.0579. The maximum absolute atomic E-state index is 12.9. The zero-order valence-electron chi connectivity index (χ0n) is 16.0. The number of carbonyl (C=O) groups is 1. The van der Waals surface area contributed by atoms with Crippen molar-refractivity contribution in [2.24, 2.45) is 5.92 Å². The number of nitrogens with zero attached hydrogens (tertiary/aromatic N) is 1. The van der Waals surface area contributed by atoms with Crippen LogP contribution in [-0.4, -0.2) is 44.0 Å². The van der Waals surface area contributed by atoms with Gasteiger partial charge >= 0.3 is 0 Å². The molecule has 1 heterocycles. The van der Waals surface area contributed by atoms with Crippen LogP contribution < -0.4 is 5.32 Å². The van der Waals surface area contributed by atoms with Crippen LogP contribution in [0.15, 0.2) is 64.4 Å². The van der Waals surface area contributed by atoms with Gasteiger partial charge in [-0.1, -0.05) is 35.9 Å². The molecule has 0 unspecified atom stereocenters. The molecule has 1 atom stereocenters. The average Bonchev–Trinajstić information content (AvgIpc) is 2.72. The molecule has 2 aromatic rings. The Labute approximate surface area is 171 Å². The molecule has 1 amide bonds. The van der Waals surface area contributed by atoms with E-state index in [0.29, 0.717) is 24.4 Å². The normalized spacial score (nSPS) is 18.0. The van der Waals surface area contributed by atoms with Gasteiger partial charge in [-0.05, 0) is 44.0 Å². The zero-order chi connectivity index (χ0) is 20.0. The number of rotatable bonds is 7. The molecular formula is C21H26N2O3S2. The van der Waals surface area contributed by atoms with Gasteiger partial charge in [-0.3, -0.25) is 4.79 Å². The van der Waals surface area contributed by atoms with Crippen LogP contribution in [0.3, 0.4) is 0 Å². The molecule has 3 rings (SSSR count). The van der Waals surface area contributed by atoms with E-state index in [9.17, 15) is 13.2 Å². The highest BCUT2D eigenvalue weighted by Crippen LogP contribution is 2.24. The average molecular weight is 419 g/mol. The molecule has 28 heavy (non-hydrogen) atoms. The van der Waals surface area contributed by atoms with Crippen molar-refractivity contribution < 1.29 is 13.2 Å². The van der Waals surface area contributed by atoms with Gasteiger partial charge in [0.2, 0.25) is 15.9 Å². The third kappa shape index (κ3) is 5.37. The molecule has 1 aliphatic heterocycles. The summed E-state index contributed by atoms with van der Waals surface area (Å²) >= 11 is 1.69. The van der Waals surface area contributed by atoms with Gasteiger partial charge < -0.3 is 5.32 Å². The van der Waals surface area contributed by atoms with E-state index >= 15 is 0 Å². The molecule has 0 spiro atoms. The third-order valence-corrected chi connectivity index (χ3v) is 7.72. The van der Waals surface area contributed by atoms with E-state index in [2.05, 4.69) is 5.32 Å². The Kier molecular flexibility index (Phi) is 7.15. The van der Waals surface area contributed by atoms with E-state index < -0.39 is 10.0 Å². The number of hydrogen-bond donors (Lipinski definition) is 1. The topological polar surface area (TPSA) is 66.5 Å². The molecule has 2 aromatic carbocycles. The van der Waals surface area contributed by atoms with Crippen LogP contribution in [0.1, 0.15) is 18.4 Å². The number of benzene rings is 2. The van der Waals surface area contributed by atoms with E-state index in [1.807, 2.05) is 37.3 Å². The second kappa shape index (κ2) is 9.58. The van der Waals surface area contributed by atoms with Gasteiger partial charge in [0.05, 0.1) is 10.8 Å². The Hall–Kier alpha value is -1.83. The highest BCUT2D eigenvalue weighted by atomic mass is 32.2. The largest absolute Gasteiger partial charge is 0.355 e. The molecule has 5 nitrogen and oxygen atoms in total. The lowest BCUT2D eigenvalue weighted by atomic mass is 9.99. The first-order valence-electron chi connectivity index (χ1n) is 9.49. The first-order chi connectivity index (χ1) is 13.5. The van der Waals surface area contributed by atoms with Gasteiger partial charge in [0, 0.05) is 30.3 Å². The molecule has 1 aliphatic rings. The summed E-state index contributed by atoms with van der Waals surface area (Å²) in [6.07, 6.45) is 1.42. The Balaban J connectivity index is 1.52. The molecular weight excluding hydrogens is 392 g/mol. The number of piperidine rings is 1. The Morgan fingerprint density at radius 1 is 1.14 bits per heavy atom. The van der Waals surface area contributed by atoms with Crippen molar-refractivity contribution >= 4 is 27.7 Å². The lowest BCUT2D eigenvalue weighted by molar-refractivity contribution is -0.125. The standard InChI is InChI=1S/C21H26N2O3S2/c1-17-9-11-20(12-10-17)28(25,26)23-14-5-6-18(16-23)21(24)22-13-15-27-19-7-3-2-4-8-19/h2-4,7-12,18H,5-6,13-16H2,1H3,(H,22,24)/t18-/m0/s1. The van der Waals surface area contributed by atoms with Crippen LogP contribution in [0.2, 0.25) is 0 Å². The fraction of sp³-hybridized carbons (Fsp3) is 0.381. The zero-order valence-corrected chi connectivity index (χ0v) is 17.6. The summed E-state index contributed by atoms with van der Waals surface area (Å²) in [6, 6.07) is 16.9. The summed E-state index contributed by atoms with van der Waals surface area (Å²) in [6.45, 7) is 3.20. The van der Waals surface area contributed by atoms with Gasteiger partial charge in [0.15, 0.2) is 0 Å². The number of nitrogens with one attached hydrogen (secondary N) is 1.